The van der Waals surface area contributed by atoms with E-state index in [1.54, 1.807) is 11.9 Å². The summed E-state index contributed by atoms with van der Waals surface area (Å²) in [5, 5.41) is 2.60. The van der Waals surface area contributed by atoms with Crippen LogP contribution >= 0.6 is 22.9 Å². The van der Waals surface area contributed by atoms with E-state index in [1.807, 2.05) is 41.8 Å². The number of hydrogen-bond acceptors (Lipinski definition) is 2. The van der Waals surface area contributed by atoms with Crippen molar-refractivity contribution in [2.24, 2.45) is 0 Å². The van der Waals surface area contributed by atoms with Gasteiger partial charge in [-0.15, -0.1) is 11.3 Å². The number of halogens is 1. The van der Waals surface area contributed by atoms with Gasteiger partial charge in [-0.3, -0.25) is 4.79 Å². The number of benzene rings is 1. The van der Waals surface area contributed by atoms with Gasteiger partial charge < -0.3 is 4.90 Å². The molecule has 4 heteroatoms. The lowest BCUT2D eigenvalue weighted by Gasteiger charge is -2.16. The summed E-state index contributed by atoms with van der Waals surface area (Å²) in [6.07, 6.45) is 0. The number of carbonyl (C=O) groups is 1. The number of thiophene rings is 1. The van der Waals surface area contributed by atoms with Gasteiger partial charge >= 0.3 is 0 Å². The van der Waals surface area contributed by atoms with Crippen LogP contribution in [0.2, 0.25) is 5.02 Å². The van der Waals surface area contributed by atoms with Crippen LogP contribution in [0.5, 0.6) is 0 Å². The topological polar surface area (TPSA) is 20.3 Å². The summed E-state index contributed by atoms with van der Waals surface area (Å²) >= 11 is 7.36. The highest BCUT2D eigenvalue weighted by atomic mass is 35.5. The normalized spacial score (nSPS) is 10.2. The van der Waals surface area contributed by atoms with Crippen LogP contribution in [0, 0.1) is 0 Å². The van der Waals surface area contributed by atoms with E-state index in [0.29, 0.717) is 11.6 Å². The van der Waals surface area contributed by atoms with Crippen molar-refractivity contribution < 1.29 is 4.79 Å². The molecule has 0 aliphatic rings. The van der Waals surface area contributed by atoms with Crippen molar-refractivity contribution in [2.45, 2.75) is 6.54 Å². The average Bonchev–Trinajstić information content (AvgIpc) is 2.81. The maximum atomic E-state index is 12.0. The van der Waals surface area contributed by atoms with Gasteiger partial charge in [0, 0.05) is 18.6 Å². The van der Waals surface area contributed by atoms with Gasteiger partial charge in [0.15, 0.2) is 0 Å². The molecule has 1 aromatic heterocycles. The number of hydrogen-bond donors (Lipinski definition) is 0. The van der Waals surface area contributed by atoms with Gasteiger partial charge in [-0.2, -0.15) is 0 Å². The highest BCUT2D eigenvalue weighted by Crippen LogP contribution is 2.15. The van der Waals surface area contributed by atoms with E-state index in [4.69, 9.17) is 11.6 Å². The third-order valence-corrected chi connectivity index (χ3v) is 3.48. The number of rotatable bonds is 3. The van der Waals surface area contributed by atoms with Crippen LogP contribution < -0.4 is 0 Å². The molecule has 0 bridgehead atoms. The van der Waals surface area contributed by atoms with Gasteiger partial charge in [-0.1, -0.05) is 29.8 Å². The maximum Gasteiger partial charge on any atom is 0.263 e. The smallest absolute Gasteiger partial charge is 0.263 e. The summed E-state index contributed by atoms with van der Waals surface area (Å²) < 4.78 is 0. The van der Waals surface area contributed by atoms with Crippen LogP contribution in [0.4, 0.5) is 0 Å². The van der Waals surface area contributed by atoms with E-state index in [1.165, 1.54) is 11.3 Å². The first-order valence-electron chi connectivity index (χ1n) is 5.20. The molecule has 88 valence electrons. The van der Waals surface area contributed by atoms with Crippen LogP contribution in [0.25, 0.3) is 0 Å². The first-order chi connectivity index (χ1) is 8.16. The van der Waals surface area contributed by atoms with Crippen LogP contribution in [0.15, 0.2) is 41.8 Å². The van der Waals surface area contributed by atoms with Gasteiger partial charge in [-0.25, -0.2) is 0 Å². The molecule has 0 fully saturated rings. The minimum atomic E-state index is 0.0416. The average molecular weight is 266 g/mol. The lowest BCUT2D eigenvalue weighted by Crippen LogP contribution is -2.25. The second-order valence-electron chi connectivity index (χ2n) is 3.77. The molecule has 0 saturated carbocycles. The fourth-order valence-electron chi connectivity index (χ4n) is 1.57. The predicted molar refractivity (Wildman–Crippen MR) is 71.6 cm³/mol. The Morgan fingerprint density at radius 2 is 2.18 bits per heavy atom. The predicted octanol–water partition coefficient (Wildman–Crippen LogP) is 3.67. The zero-order chi connectivity index (χ0) is 12.3. The van der Waals surface area contributed by atoms with Crippen molar-refractivity contribution in [1.29, 1.82) is 0 Å². The van der Waals surface area contributed by atoms with E-state index in [0.717, 1.165) is 10.4 Å². The fraction of sp³-hybridized carbons (Fsp3) is 0.154. The van der Waals surface area contributed by atoms with Crippen molar-refractivity contribution in [1.82, 2.24) is 4.90 Å². The Bertz CT molecular complexity index is 510. The molecule has 0 atom stereocenters. The van der Waals surface area contributed by atoms with Crippen LogP contribution in [-0.2, 0) is 6.54 Å². The molecular formula is C13H12ClNOS. The molecule has 0 aliphatic carbocycles. The van der Waals surface area contributed by atoms with E-state index in [-0.39, 0.29) is 5.91 Å². The Morgan fingerprint density at radius 1 is 1.35 bits per heavy atom. The molecule has 0 unspecified atom stereocenters. The summed E-state index contributed by atoms with van der Waals surface area (Å²) in [4.78, 5) is 14.4. The molecule has 17 heavy (non-hydrogen) atoms. The van der Waals surface area contributed by atoms with Gasteiger partial charge in [0.05, 0.1) is 4.88 Å². The Hall–Kier alpha value is -1.32. The fourth-order valence-corrected chi connectivity index (χ4v) is 2.50. The SMILES string of the molecule is CN(Cc1cccc(Cl)c1)C(=O)c1cccs1. The van der Waals surface area contributed by atoms with Crippen LogP contribution in [0.3, 0.4) is 0 Å². The molecule has 0 N–H and O–H groups in total. The Labute approximate surface area is 109 Å². The molecular weight excluding hydrogens is 254 g/mol. The minimum Gasteiger partial charge on any atom is -0.337 e. The minimum absolute atomic E-state index is 0.0416. The quantitative estimate of drug-likeness (QED) is 0.829. The summed E-state index contributed by atoms with van der Waals surface area (Å²) in [6, 6.07) is 11.3. The van der Waals surface area contributed by atoms with E-state index >= 15 is 0 Å². The molecule has 2 rings (SSSR count). The van der Waals surface area contributed by atoms with Crippen LogP contribution in [0.1, 0.15) is 15.2 Å². The summed E-state index contributed by atoms with van der Waals surface area (Å²) in [5.41, 5.74) is 1.03. The van der Waals surface area contributed by atoms with Crippen molar-refractivity contribution in [3.8, 4) is 0 Å². The van der Waals surface area contributed by atoms with Gasteiger partial charge in [0.25, 0.3) is 5.91 Å². The Balaban J connectivity index is 2.07. The second-order valence-corrected chi connectivity index (χ2v) is 5.15. The lowest BCUT2D eigenvalue weighted by molar-refractivity contribution is 0.0790. The Kier molecular flexibility index (Phi) is 3.82. The lowest BCUT2D eigenvalue weighted by atomic mass is 10.2. The zero-order valence-corrected chi connectivity index (χ0v) is 11.0. The van der Waals surface area contributed by atoms with Gasteiger partial charge in [0.2, 0.25) is 0 Å². The third-order valence-electron chi connectivity index (χ3n) is 2.39. The summed E-state index contributed by atoms with van der Waals surface area (Å²) in [5.74, 6) is 0.0416. The number of amides is 1. The molecule has 1 amide bonds. The summed E-state index contributed by atoms with van der Waals surface area (Å²) in [7, 11) is 1.79. The maximum absolute atomic E-state index is 12.0. The van der Waals surface area contributed by atoms with Crippen molar-refractivity contribution >= 4 is 28.8 Å². The monoisotopic (exact) mass is 265 g/mol. The van der Waals surface area contributed by atoms with Gasteiger partial charge in [-0.05, 0) is 29.1 Å². The van der Waals surface area contributed by atoms with E-state index in [9.17, 15) is 4.79 Å². The number of carbonyl (C=O) groups excluding carboxylic acids is 1. The molecule has 2 nitrogen and oxygen atoms in total. The van der Waals surface area contributed by atoms with E-state index < -0.39 is 0 Å². The molecule has 1 heterocycles. The third kappa shape index (κ3) is 3.08. The zero-order valence-electron chi connectivity index (χ0n) is 9.39. The van der Waals surface area contributed by atoms with Gasteiger partial charge in [0.1, 0.15) is 0 Å². The molecule has 1 aromatic carbocycles. The molecule has 0 spiro atoms. The van der Waals surface area contributed by atoms with Crippen LogP contribution in [-0.4, -0.2) is 17.9 Å². The molecule has 0 saturated heterocycles. The van der Waals surface area contributed by atoms with E-state index in [2.05, 4.69) is 0 Å². The van der Waals surface area contributed by atoms with Crippen molar-refractivity contribution in [3.63, 3.8) is 0 Å². The first kappa shape index (κ1) is 12.1. The molecule has 2 aromatic rings. The highest BCUT2D eigenvalue weighted by Gasteiger charge is 2.12. The van der Waals surface area contributed by atoms with Crippen molar-refractivity contribution in [3.05, 3.63) is 57.2 Å². The highest BCUT2D eigenvalue weighted by molar-refractivity contribution is 7.12. The molecule has 0 aliphatic heterocycles. The number of nitrogens with zero attached hydrogens (tertiary/aromatic N) is 1. The summed E-state index contributed by atoms with van der Waals surface area (Å²) in [6.45, 7) is 0.567. The first-order valence-corrected chi connectivity index (χ1v) is 6.46. The molecule has 0 radical (unpaired) electrons. The largest absolute Gasteiger partial charge is 0.337 e. The second kappa shape index (κ2) is 5.34. The Morgan fingerprint density at radius 3 is 2.82 bits per heavy atom. The standard InChI is InChI=1S/C13H12ClNOS/c1-15(13(16)12-6-3-7-17-12)9-10-4-2-5-11(14)8-10/h2-8H,9H2,1H3. The van der Waals surface area contributed by atoms with Crippen molar-refractivity contribution in [2.75, 3.05) is 7.05 Å².